The van der Waals surface area contributed by atoms with Crippen molar-refractivity contribution in [3.05, 3.63) is 64.4 Å². The molecule has 1 heterocycles. The van der Waals surface area contributed by atoms with E-state index in [1.807, 2.05) is 49.4 Å². The highest BCUT2D eigenvalue weighted by Gasteiger charge is 2.20. The quantitative estimate of drug-likeness (QED) is 0.387. The van der Waals surface area contributed by atoms with Crippen molar-refractivity contribution in [1.82, 2.24) is 9.55 Å². The monoisotopic (exact) mass is 423 g/mol. The van der Waals surface area contributed by atoms with E-state index in [0.29, 0.717) is 28.5 Å². The number of nitrogens with zero attached hydrogens (tertiary/aromatic N) is 2. The Bertz CT molecular complexity index is 1090. The number of anilines is 1. The average Bonchev–Trinajstić information content (AvgIpc) is 2.73. The topological polar surface area (TPSA) is 64.0 Å². The zero-order valence-electron chi connectivity index (χ0n) is 18.0. The first-order valence-electron chi connectivity index (χ1n) is 10.5. The first-order valence-corrected chi connectivity index (χ1v) is 11.4. The molecule has 5 nitrogen and oxygen atoms in total. The van der Waals surface area contributed by atoms with Gasteiger partial charge in [0, 0.05) is 12.2 Å². The predicted molar refractivity (Wildman–Crippen MR) is 125 cm³/mol. The molecule has 1 amide bonds. The number of carbonyl (C=O) groups excluding carboxylic acids is 1. The summed E-state index contributed by atoms with van der Waals surface area (Å²) in [7, 11) is 0. The van der Waals surface area contributed by atoms with Crippen molar-refractivity contribution in [2.24, 2.45) is 0 Å². The average molecular weight is 424 g/mol. The van der Waals surface area contributed by atoms with Crippen LogP contribution in [0.2, 0.25) is 0 Å². The molecule has 1 unspecified atom stereocenters. The van der Waals surface area contributed by atoms with Gasteiger partial charge in [0.15, 0.2) is 5.16 Å². The van der Waals surface area contributed by atoms with Gasteiger partial charge in [-0.25, -0.2) is 4.98 Å². The van der Waals surface area contributed by atoms with Crippen molar-refractivity contribution in [3.63, 3.8) is 0 Å². The van der Waals surface area contributed by atoms with Crippen LogP contribution in [0, 0.1) is 0 Å². The highest BCUT2D eigenvalue weighted by molar-refractivity contribution is 8.00. The number of rotatable bonds is 8. The molecule has 0 saturated heterocycles. The van der Waals surface area contributed by atoms with Gasteiger partial charge >= 0.3 is 0 Å². The van der Waals surface area contributed by atoms with Gasteiger partial charge in [-0.1, -0.05) is 69.3 Å². The van der Waals surface area contributed by atoms with E-state index < -0.39 is 5.25 Å². The molecule has 0 aliphatic rings. The van der Waals surface area contributed by atoms with Crippen LogP contribution in [0.5, 0.6) is 0 Å². The number of carbonyl (C=O) groups is 1. The molecule has 3 rings (SSSR count). The van der Waals surface area contributed by atoms with E-state index in [4.69, 9.17) is 4.98 Å². The van der Waals surface area contributed by atoms with Crippen LogP contribution in [0.25, 0.3) is 10.9 Å². The lowest BCUT2D eigenvalue weighted by Gasteiger charge is -2.18. The van der Waals surface area contributed by atoms with Crippen LogP contribution < -0.4 is 10.9 Å². The maximum Gasteiger partial charge on any atom is 0.262 e. The molecule has 2 aromatic carbocycles. The van der Waals surface area contributed by atoms with E-state index >= 15 is 0 Å². The van der Waals surface area contributed by atoms with Gasteiger partial charge < -0.3 is 5.32 Å². The summed E-state index contributed by atoms with van der Waals surface area (Å²) in [6.07, 6.45) is 1.86. The molecule has 0 saturated carbocycles. The Hall–Kier alpha value is -2.60. The minimum Gasteiger partial charge on any atom is -0.325 e. The lowest BCUT2D eigenvalue weighted by Crippen LogP contribution is -2.27. The fourth-order valence-corrected chi connectivity index (χ4v) is 4.25. The Balaban J connectivity index is 1.87. The lowest BCUT2D eigenvalue weighted by molar-refractivity contribution is -0.115. The summed E-state index contributed by atoms with van der Waals surface area (Å²) in [5.74, 6) is 0.211. The molecule has 1 N–H and O–H groups in total. The second kappa shape index (κ2) is 9.94. The van der Waals surface area contributed by atoms with E-state index in [2.05, 4.69) is 26.1 Å². The maximum absolute atomic E-state index is 13.0. The SMILES string of the molecule is CCCCn1c(SC(C)C(=O)Nc2ccccc2C(C)C)nc2ccccc2c1=O. The van der Waals surface area contributed by atoms with Gasteiger partial charge in [-0.3, -0.25) is 14.2 Å². The lowest BCUT2D eigenvalue weighted by atomic mass is 10.0. The summed E-state index contributed by atoms with van der Waals surface area (Å²) >= 11 is 1.33. The number of aromatic nitrogens is 2. The van der Waals surface area contributed by atoms with Gasteiger partial charge in [0.05, 0.1) is 16.2 Å². The molecule has 0 fully saturated rings. The number of nitrogens with one attached hydrogen (secondary N) is 1. The third-order valence-electron chi connectivity index (χ3n) is 5.05. The van der Waals surface area contributed by atoms with Gasteiger partial charge in [0.2, 0.25) is 5.91 Å². The largest absolute Gasteiger partial charge is 0.325 e. The van der Waals surface area contributed by atoms with Gasteiger partial charge in [-0.15, -0.1) is 0 Å². The van der Waals surface area contributed by atoms with Crippen molar-refractivity contribution >= 4 is 34.3 Å². The standard InChI is InChI=1S/C24H29N3O2S/c1-5-6-15-27-23(29)19-12-8-10-14-21(19)26-24(27)30-17(4)22(28)25-20-13-9-7-11-18(20)16(2)3/h7-14,16-17H,5-6,15H2,1-4H3,(H,25,28). The zero-order chi connectivity index (χ0) is 21.7. The van der Waals surface area contributed by atoms with Crippen LogP contribution in [0.15, 0.2) is 58.5 Å². The number of fused-ring (bicyclic) bond motifs is 1. The van der Waals surface area contributed by atoms with Gasteiger partial charge in [-0.2, -0.15) is 0 Å². The number of benzene rings is 2. The molecular weight excluding hydrogens is 394 g/mol. The van der Waals surface area contributed by atoms with Gasteiger partial charge in [-0.05, 0) is 43.0 Å². The zero-order valence-corrected chi connectivity index (χ0v) is 18.8. The summed E-state index contributed by atoms with van der Waals surface area (Å²) in [6, 6.07) is 15.2. The Kier molecular flexibility index (Phi) is 7.32. The third kappa shape index (κ3) is 4.93. The Morgan fingerprint density at radius 1 is 1.10 bits per heavy atom. The highest BCUT2D eigenvalue weighted by atomic mass is 32.2. The Morgan fingerprint density at radius 2 is 1.80 bits per heavy atom. The molecule has 0 aliphatic carbocycles. The summed E-state index contributed by atoms with van der Waals surface area (Å²) in [4.78, 5) is 30.7. The Labute approximate surface area is 181 Å². The van der Waals surface area contributed by atoms with Crippen LogP contribution in [0.4, 0.5) is 5.69 Å². The smallest absolute Gasteiger partial charge is 0.262 e. The van der Waals surface area contributed by atoms with Crippen molar-refractivity contribution in [2.45, 2.75) is 63.4 Å². The van der Waals surface area contributed by atoms with E-state index in [9.17, 15) is 9.59 Å². The fourth-order valence-electron chi connectivity index (χ4n) is 3.31. The minimum absolute atomic E-state index is 0.0469. The van der Waals surface area contributed by atoms with Crippen molar-refractivity contribution in [3.8, 4) is 0 Å². The summed E-state index contributed by atoms with van der Waals surface area (Å²) in [5.41, 5.74) is 2.55. The highest BCUT2D eigenvalue weighted by Crippen LogP contribution is 2.27. The molecule has 1 aromatic heterocycles. The molecule has 158 valence electrons. The van der Waals surface area contributed by atoms with Crippen molar-refractivity contribution in [1.29, 1.82) is 0 Å². The van der Waals surface area contributed by atoms with Crippen LogP contribution in [0.3, 0.4) is 0 Å². The second-order valence-corrected chi connectivity index (χ2v) is 9.02. The first-order chi connectivity index (χ1) is 14.4. The summed E-state index contributed by atoms with van der Waals surface area (Å²) < 4.78 is 1.71. The number of hydrogen-bond donors (Lipinski definition) is 1. The van der Waals surface area contributed by atoms with Gasteiger partial charge in [0.1, 0.15) is 0 Å². The van der Waals surface area contributed by atoms with Gasteiger partial charge in [0.25, 0.3) is 5.56 Å². The van der Waals surface area contributed by atoms with Crippen LogP contribution in [-0.2, 0) is 11.3 Å². The first kappa shape index (κ1) is 22.1. The minimum atomic E-state index is -0.397. The van der Waals surface area contributed by atoms with E-state index in [1.54, 1.807) is 10.6 Å². The molecule has 0 aliphatic heterocycles. The molecular formula is C24H29N3O2S. The second-order valence-electron chi connectivity index (χ2n) is 7.71. The van der Waals surface area contributed by atoms with E-state index in [1.165, 1.54) is 11.8 Å². The van der Waals surface area contributed by atoms with Crippen LogP contribution in [-0.4, -0.2) is 20.7 Å². The number of para-hydroxylation sites is 2. The van der Waals surface area contributed by atoms with Crippen molar-refractivity contribution in [2.75, 3.05) is 5.32 Å². The molecule has 0 spiro atoms. The van der Waals surface area contributed by atoms with Crippen LogP contribution in [0.1, 0.15) is 52.0 Å². The molecule has 30 heavy (non-hydrogen) atoms. The predicted octanol–water partition coefficient (Wildman–Crippen LogP) is 5.44. The fraction of sp³-hybridized carbons (Fsp3) is 0.375. The van der Waals surface area contributed by atoms with Crippen LogP contribution >= 0.6 is 11.8 Å². The van der Waals surface area contributed by atoms with E-state index in [0.717, 1.165) is 24.1 Å². The summed E-state index contributed by atoms with van der Waals surface area (Å²) in [5, 5.41) is 3.86. The number of unbranched alkanes of at least 4 members (excludes halogenated alkanes) is 1. The normalized spacial score (nSPS) is 12.3. The molecule has 0 bridgehead atoms. The molecule has 1 atom stereocenters. The number of hydrogen-bond acceptors (Lipinski definition) is 4. The van der Waals surface area contributed by atoms with E-state index in [-0.39, 0.29) is 11.5 Å². The molecule has 3 aromatic rings. The number of thioether (sulfide) groups is 1. The van der Waals surface area contributed by atoms with Crippen molar-refractivity contribution < 1.29 is 4.79 Å². The molecule has 0 radical (unpaired) electrons. The number of amides is 1. The Morgan fingerprint density at radius 3 is 2.53 bits per heavy atom. The maximum atomic E-state index is 13.0. The molecule has 6 heteroatoms. The summed E-state index contributed by atoms with van der Waals surface area (Å²) in [6.45, 7) is 8.75. The third-order valence-corrected chi connectivity index (χ3v) is 6.14.